The van der Waals surface area contributed by atoms with Gasteiger partial charge in [-0.2, -0.15) is 13.2 Å². The lowest BCUT2D eigenvalue weighted by atomic mass is 9.93. The van der Waals surface area contributed by atoms with Crippen LogP contribution in [-0.2, 0) is 4.79 Å². The summed E-state index contributed by atoms with van der Waals surface area (Å²) in [5.41, 5.74) is 2.84. The third kappa shape index (κ3) is 3.14. The fourth-order valence-corrected chi connectivity index (χ4v) is 0.745. The molecule has 5 heteroatoms. The van der Waals surface area contributed by atoms with E-state index in [9.17, 15) is 18.0 Å². The normalized spacial score (nSPS) is 16.1. The highest BCUT2D eigenvalue weighted by Gasteiger charge is 2.52. The van der Waals surface area contributed by atoms with Gasteiger partial charge in [0.05, 0.1) is 0 Å². The number of carbonyl (C=O) groups excluding carboxylic acids is 1. The van der Waals surface area contributed by atoms with Crippen LogP contribution in [0.5, 0.6) is 0 Å². The lowest BCUT2D eigenvalue weighted by Crippen LogP contribution is -2.57. The summed E-state index contributed by atoms with van der Waals surface area (Å²) < 4.78 is 36.7. The predicted molar refractivity (Wildman–Crippen MR) is 47.7 cm³/mol. The van der Waals surface area contributed by atoms with Crippen molar-refractivity contribution in [3.05, 3.63) is 12.2 Å². The second-order valence-corrected chi connectivity index (χ2v) is 3.58. The minimum Gasteiger partial charge on any atom is -0.312 e. The fourth-order valence-electron chi connectivity index (χ4n) is 0.745. The molecule has 82 valence electrons. The van der Waals surface area contributed by atoms with Gasteiger partial charge in [0.15, 0.2) is 11.3 Å². The Morgan fingerprint density at radius 1 is 1.36 bits per heavy atom. The van der Waals surface area contributed by atoms with E-state index in [1.54, 1.807) is 6.92 Å². The van der Waals surface area contributed by atoms with Crippen LogP contribution in [0.1, 0.15) is 26.7 Å². The summed E-state index contributed by atoms with van der Waals surface area (Å²) in [5.74, 6) is -1.01. The number of nitrogens with two attached hydrogens (primary N) is 1. The number of hydrogen-bond donors (Lipinski definition) is 1. The van der Waals surface area contributed by atoms with E-state index in [1.165, 1.54) is 0 Å². The Balaban J connectivity index is 4.45. The Bertz CT molecular complexity index is 243. The van der Waals surface area contributed by atoms with E-state index in [2.05, 4.69) is 6.58 Å². The van der Waals surface area contributed by atoms with Crippen molar-refractivity contribution in [3.8, 4) is 0 Å². The van der Waals surface area contributed by atoms with Gasteiger partial charge in [-0.3, -0.25) is 4.79 Å². The summed E-state index contributed by atoms with van der Waals surface area (Å²) in [7, 11) is 0. The SMILES string of the molecule is C=C(C)CCC(=O)C(C)(N)C(F)(F)F. The molecule has 2 nitrogen and oxygen atoms in total. The number of hydrogen-bond acceptors (Lipinski definition) is 2. The monoisotopic (exact) mass is 209 g/mol. The Labute approximate surface area is 81.0 Å². The molecule has 2 N–H and O–H groups in total. The van der Waals surface area contributed by atoms with Crippen molar-refractivity contribution in [2.24, 2.45) is 5.73 Å². The standard InChI is InChI=1S/C9H14F3NO/c1-6(2)4-5-7(14)8(3,13)9(10,11)12/h1,4-5,13H2,2-3H3. The molecule has 0 spiro atoms. The molecule has 1 unspecified atom stereocenters. The summed E-state index contributed by atoms with van der Waals surface area (Å²) in [6.07, 6.45) is -4.68. The van der Waals surface area contributed by atoms with E-state index >= 15 is 0 Å². The van der Waals surface area contributed by atoms with Gasteiger partial charge in [-0.15, -0.1) is 6.58 Å². The highest BCUT2D eigenvalue weighted by Crippen LogP contribution is 2.29. The summed E-state index contributed by atoms with van der Waals surface area (Å²) in [5, 5.41) is 0. The number of ketones is 1. The van der Waals surface area contributed by atoms with E-state index in [4.69, 9.17) is 5.73 Å². The van der Waals surface area contributed by atoms with Crippen LogP contribution in [0.15, 0.2) is 12.2 Å². The zero-order valence-corrected chi connectivity index (χ0v) is 8.24. The topological polar surface area (TPSA) is 43.1 Å². The Kier molecular flexibility index (Phi) is 3.88. The first-order valence-corrected chi connectivity index (χ1v) is 4.12. The van der Waals surface area contributed by atoms with Crippen LogP contribution in [0.4, 0.5) is 13.2 Å². The van der Waals surface area contributed by atoms with E-state index < -0.39 is 17.5 Å². The van der Waals surface area contributed by atoms with Crippen LogP contribution in [0, 0.1) is 0 Å². The van der Waals surface area contributed by atoms with Gasteiger partial charge in [0.25, 0.3) is 0 Å². The second-order valence-electron chi connectivity index (χ2n) is 3.58. The molecule has 0 fully saturated rings. The van der Waals surface area contributed by atoms with Gasteiger partial charge < -0.3 is 5.73 Å². The van der Waals surface area contributed by atoms with Crippen LogP contribution in [0.3, 0.4) is 0 Å². The van der Waals surface area contributed by atoms with Crippen molar-refractivity contribution in [2.45, 2.75) is 38.4 Å². The van der Waals surface area contributed by atoms with Gasteiger partial charge in [-0.1, -0.05) is 5.57 Å². The van der Waals surface area contributed by atoms with Gasteiger partial charge in [-0.05, 0) is 20.3 Å². The molecule has 0 amide bonds. The third-order valence-electron chi connectivity index (χ3n) is 1.95. The van der Waals surface area contributed by atoms with Crippen LogP contribution >= 0.6 is 0 Å². The largest absolute Gasteiger partial charge is 0.413 e. The first kappa shape index (κ1) is 13.2. The number of alkyl halides is 3. The smallest absolute Gasteiger partial charge is 0.312 e. The molecular weight excluding hydrogens is 195 g/mol. The highest BCUT2D eigenvalue weighted by molar-refractivity contribution is 5.88. The molecule has 0 heterocycles. The first-order chi connectivity index (χ1) is 6.09. The maximum atomic E-state index is 12.2. The molecule has 0 saturated heterocycles. The van der Waals surface area contributed by atoms with Crippen molar-refractivity contribution in [1.29, 1.82) is 0 Å². The molecule has 0 radical (unpaired) electrons. The molecule has 0 aliphatic carbocycles. The maximum absolute atomic E-state index is 12.2. The molecule has 14 heavy (non-hydrogen) atoms. The maximum Gasteiger partial charge on any atom is 0.413 e. The van der Waals surface area contributed by atoms with Crippen molar-refractivity contribution in [1.82, 2.24) is 0 Å². The zero-order valence-electron chi connectivity index (χ0n) is 8.24. The average Bonchev–Trinajstić information content (AvgIpc) is 1.97. The molecule has 0 rings (SSSR count). The van der Waals surface area contributed by atoms with Crippen molar-refractivity contribution in [3.63, 3.8) is 0 Å². The van der Waals surface area contributed by atoms with E-state index in [0.717, 1.165) is 0 Å². The highest BCUT2D eigenvalue weighted by atomic mass is 19.4. The van der Waals surface area contributed by atoms with E-state index in [-0.39, 0.29) is 12.8 Å². The Morgan fingerprint density at radius 3 is 2.07 bits per heavy atom. The summed E-state index contributed by atoms with van der Waals surface area (Å²) in [6.45, 7) is 5.83. The molecule has 0 aromatic heterocycles. The minimum atomic E-state index is -4.70. The number of rotatable bonds is 4. The third-order valence-corrected chi connectivity index (χ3v) is 1.95. The number of halogens is 3. The predicted octanol–water partition coefficient (Wildman–Crippen LogP) is 2.19. The summed E-state index contributed by atoms with van der Waals surface area (Å²) in [6, 6.07) is 0. The number of allylic oxidation sites excluding steroid dienone is 1. The Hall–Kier alpha value is -0.840. The molecule has 0 aromatic rings. The second kappa shape index (κ2) is 4.13. The quantitative estimate of drug-likeness (QED) is 0.721. The lowest BCUT2D eigenvalue weighted by Gasteiger charge is -2.25. The number of carbonyl (C=O) groups is 1. The van der Waals surface area contributed by atoms with Gasteiger partial charge >= 0.3 is 6.18 Å². The number of Topliss-reactive ketones (excluding diaryl/α,β-unsaturated/α-hetero) is 1. The van der Waals surface area contributed by atoms with Crippen molar-refractivity contribution >= 4 is 5.78 Å². The van der Waals surface area contributed by atoms with E-state index in [1.807, 2.05) is 0 Å². The fraction of sp³-hybridized carbons (Fsp3) is 0.667. The van der Waals surface area contributed by atoms with Gasteiger partial charge in [0.2, 0.25) is 0 Å². The van der Waals surface area contributed by atoms with Crippen LogP contribution in [-0.4, -0.2) is 17.5 Å². The van der Waals surface area contributed by atoms with Crippen molar-refractivity contribution < 1.29 is 18.0 Å². The van der Waals surface area contributed by atoms with Gasteiger partial charge in [0.1, 0.15) is 0 Å². The van der Waals surface area contributed by atoms with Crippen LogP contribution in [0.2, 0.25) is 0 Å². The van der Waals surface area contributed by atoms with Crippen LogP contribution in [0.25, 0.3) is 0 Å². The van der Waals surface area contributed by atoms with E-state index in [0.29, 0.717) is 12.5 Å². The molecule has 0 aliphatic rings. The molecule has 0 aliphatic heterocycles. The molecule has 0 bridgehead atoms. The summed E-state index contributed by atoms with van der Waals surface area (Å²) >= 11 is 0. The first-order valence-electron chi connectivity index (χ1n) is 4.12. The van der Waals surface area contributed by atoms with Crippen molar-refractivity contribution in [2.75, 3.05) is 0 Å². The zero-order chi connectivity index (χ0) is 11.6. The molecular formula is C9H14F3NO. The average molecular weight is 209 g/mol. The minimum absolute atomic E-state index is 0.220. The molecule has 0 saturated carbocycles. The molecule has 0 aromatic carbocycles. The Morgan fingerprint density at radius 2 is 1.79 bits per heavy atom. The van der Waals surface area contributed by atoms with Gasteiger partial charge in [-0.25, -0.2) is 0 Å². The lowest BCUT2D eigenvalue weighted by molar-refractivity contribution is -0.186. The molecule has 1 atom stereocenters. The van der Waals surface area contributed by atoms with Crippen LogP contribution < -0.4 is 5.73 Å². The van der Waals surface area contributed by atoms with Gasteiger partial charge in [0, 0.05) is 6.42 Å². The summed E-state index contributed by atoms with van der Waals surface area (Å²) in [4.78, 5) is 11.1.